The van der Waals surface area contributed by atoms with Crippen molar-refractivity contribution >= 4 is 15.7 Å². The van der Waals surface area contributed by atoms with Crippen LogP contribution in [0, 0.1) is 19.7 Å². The van der Waals surface area contributed by atoms with Gasteiger partial charge in [0.25, 0.3) is 10.0 Å². The number of benzene rings is 3. The van der Waals surface area contributed by atoms with E-state index < -0.39 is 15.8 Å². The van der Waals surface area contributed by atoms with Gasteiger partial charge < -0.3 is 0 Å². The van der Waals surface area contributed by atoms with Gasteiger partial charge in [-0.15, -0.1) is 0 Å². The molecule has 0 radical (unpaired) electrons. The van der Waals surface area contributed by atoms with Crippen LogP contribution in [0.5, 0.6) is 0 Å². The standard InChI is InChI=1S/C21H20FNO2S/c1-16-7-6-8-18(13-16)15-23(19-9-4-3-5-10-19)26(24,25)20-12-11-17(2)21(22)14-20/h3-14H,15H2,1-2H3. The van der Waals surface area contributed by atoms with Crippen LogP contribution in [-0.2, 0) is 16.6 Å². The molecule has 0 aliphatic heterocycles. The molecule has 0 fully saturated rings. The summed E-state index contributed by atoms with van der Waals surface area (Å²) in [5.74, 6) is -0.533. The minimum absolute atomic E-state index is 0.0582. The van der Waals surface area contributed by atoms with Crippen LogP contribution in [0.1, 0.15) is 16.7 Å². The van der Waals surface area contributed by atoms with Crippen molar-refractivity contribution in [3.8, 4) is 0 Å². The molecule has 0 saturated carbocycles. The fourth-order valence-electron chi connectivity index (χ4n) is 2.75. The van der Waals surface area contributed by atoms with Crippen LogP contribution < -0.4 is 4.31 Å². The zero-order chi connectivity index (χ0) is 18.7. The van der Waals surface area contributed by atoms with Gasteiger partial charge in [-0.25, -0.2) is 12.8 Å². The molecule has 5 heteroatoms. The summed E-state index contributed by atoms with van der Waals surface area (Å²) >= 11 is 0. The van der Waals surface area contributed by atoms with Crippen LogP contribution in [0.2, 0.25) is 0 Å². The predicted octanol–water partition coefficient (Wildman–Crippen LogP) is 4.84. The van der Waals surface area contributed by atoms with Gasteiger partial charge in [0, 0.05) is 0 Å². The molecule has 0 aliphatic carbocycles. The van der Waals surface area contributed by atoms with Crippen LogP contribution in [-0.4, -0.2) is 8.42 Å². The second-order valence-electron chi connectivity index (χ2n) is 6.25. The predicted molar refractivity (Wildman–Crippen MR) is 102 cm³/mol. The Hall–Kier alpha value is -2.66. The van der Waals surface area contributed by atoms with E-state index in [-0.39, 0.29) is 11.4 Å². The lowest BCUT2D eigenvalue weighted by Gasteiger charge is -2.25. The van der Waals surface area contributed by atoms with E-state index in [1.165, 1.54) is 16.4 Å². The van der Waals surface area contributed by atoms with Crippen molar-refractivity contribution in [1.82, 2.24) is 0 Å². The summed E-state index contributed by atoms with van der Waals surface area (Å²) in [6, 6.07) is 20.5. The number of para-hydroxylation sites is 1. The Morgan fingerprint density at radius 3 is 2.27 bits per heavy atom. The Kier molecular flexibility index (Phi) is 5.09. The molecule has 26 heavy (non-hydrogen) atoms. The lowest BCUT2D eigenvalue weighted by molar-refractivity contribution is 0.584. The molecule has 0 atom stereocenters. The topological polar surface area (TPSA) is 37.4 Å². The highest BCUT2D eigenvalue weighted by molar-refractivity contribution is 7.92. The Balaban J connectivity index is 2.08. The van der Waals surface area contributed by atoms with Crippen molar-refractivity contribution in [3.05, 3.63) is 95.3 Å². The van der Waals surface area contributed by atoms with Crippen LogP contribution in [0.3, 0.4) is 0 Å². The highest BCUT2D eigenvalue weighted by Crippen LogP contribution is 2.27. The van der Waals surface area contributed by atoms with E-state index in [1.54, 1.807) is 31.2 Å². The largest absolute Gasteiger partial charge is 0.264 e. The van der Waals surface area contributed by atoms with Gasteiger partial charge >= 0.3 is 0 Å². The summed E-state index contributed by atoms with van der Waals surface area (Å²) in [4.78, 5) is -0.0582. The maximum Gasteiger partial charge on any atom is 0.264 e. The van der Waals surface area contributed by atoms with Crippen LogP contribution in [0.15, 0.2) is 77.7 Å². The smallest absolute Gasteiger partial charge is 0.262 e. The lowest BCUT2D eigenvalue weighted by Crippen LogP contribution is -2.30. The molecule has 0 spiro atoms. The quantitative estimate of drug-likeness (QED) is 0.645. The fraction of sp³-hybridized carbons (Fsp3) is 0.143. The molecule has 3 aromatic rings. The van der Waals surface area contributed by atoms with Crippen LogP contribution in [0.4, 0.5) is 10.1 Å². The van der Waals surface area contributed by atoms with E-state index >= 15 is 0 Å². The van der Waals surface area contributed by atoms with Gasteiger partial charge in [-0.3, -0.25) is 4.31 Å². The average molecular weight is 369 g/mol. The maximum atomic E-state index is 14.0. The molecular formula is C21H20FNO2S. The molecule has 0 N–H and O–H groups in total. The third-order valence-electron chi connectivity index (χ3n) is 4.18. The molecule has 3 nitrogen and oxygen atoms in total. The molecular weight excluding hydrogens is 349 g/mol. The van der Waals surface area contributed by atoms with E-state index in [0.717, 1.165) is 17.2 Å². The van der Waals surface area contributed by atoms with Crippen molar-refractivity contribution in [1.29, 1.82) is 0 Å². The summed E-state index contributed by atoms with van der Waals surface area (Å²) in [6.07, 6.45) is 0. The summed E-state index contributed by atoms with van der Waals surface area (Å²) in [5.41, 5.74) is 2.86. The molecule has 0 bridgehead atoms. The number of anilines is 1. The van der Waals surface area contributed by atoms with E-state index in [9.17, 15) is 12.8 Å². The number of sulfonamides is 1. The van der Waals surface area contributed by atoms with Gasteiger partial charge in [-0.05, 0) is 49.2 Å². The SMILES string of the molecule is Cc1cccc(CN(c2ccccc2)S(=O)(=O)c2ccc(C)c(F)c2)c1. The zero-order valence-electron chi connectivity index (χ0n) is 14.7. The van der Waals surface area contributed by atoms with Crippen molar-refractivity contribution in [2.24, 2.45) is 0 Å². The third-order valence-corrected chi connectivity index (χ3v) is 5.95. The first-order valence-electron chi connectivity index (χ1n) is 8.27. The van der Waals surface area contributed by atoms with Gasteiger partial charge in [-0.1, -0.05) is 54.1 Å². The molecule has 0 unspecified atom stereocenters. The van der Waals surface area contributed by atoms with E-state index in [1.807, 2.05) is 37.3 Å². The first kappa shape index (κ1) is 18.1. The first-order chi connectivity index (χ1) is 12.4. The van der Waals surface area contributed by atoms with Crippen molar-refractivity contribution in [3.63, 3.8) is 0 Å². The Bertz CT molecular complexity index is 1020. The number of hydrogen-bond acceptors (Lipinski definition) is 2. The van der Waals surface area contributed by atoms with Gasteiger partial charge in [0.2, 0.25) is 0 Å². The second-order valence-corrected chi connectivity index (χ2v) is 8.11. The molecule has 134 valence electrons. The number of hydrogen-bond donors (Lipinski definition) is 0. The van der Waals surface area contributed by atoms with E-state index in [2.05, 4.69) is 0 Å². The highest BCUT2D eigenvalue weighted by Gasteiger charge is 2.26. The van der Waals surface area contributed by atoms with E-state index in [4.69, 9.17) is 0 Å². The van der Waals surface area contributed by atoms with Crippen molar-refractivity contribution in [2.75, 3.05) is 4.31 Å². The van der Waals surface area contributed by atoms with Gasteiger partial charge in [-0.2, -0.15) is 0 Å². The zero-order valence-corrected chi connectivity index (χ0v) is 15.5. The molecule has 0 aromatic heterocycles. The molecule has 0 heterocycles. The van der Waals surface area contributed by atoms with Crippen LogP contribution in [0.25, 0.3) is 0 Å². The summed E-state index contributed by atoms with van der Waals surface area (Å²) in [5, 5.41) is 0. The lowest BCUT2D eigenvalue weighted by atomic mass is 10.1. The highest BCUT2D eigenvalue weighted by atomic mass is 32.2. The molecule has 0 saturated heterocycles. The normalized spacial score (nSPS) is 11.3. The Labute approximate surface area is 153 Å². The third kappa shape index (κ3) is 3.78. The summed E-state index contributed by atoms with van der Waals surface area (Å²) in [6.45, 7) is 3.73. The second kappa shape index (κ2) is 7.30. The van der Waals surface area contributed by atoms with Crippen molar-refractivity contribution in [2.45, 2.75) is 25.3 Å². The molecule has 0 aliphatic rings. The molecule has 0 amide bonds. The number of halogens is 1. The van der Waals surface area contributed by atoms with E-state index in [0.29, 0.717) is 11.3 Å². The summed E-state index contributed by atoms with van der Waals surface area (Å²) in [7, 11) is -3.91. The van der Waals surface area contributed by atoms with Gasteiger partial charge in [0.15, 0.2) is 0 Å². The monoisotopic (exact) mass is 369 g/mol. The number of rotatable bonds is 5. The van der Waals surface area contributed by atoms with Crippen LogP contribution >= 0.6 is 0 Å². The Morgan fingerprint density at radius 2 is 1.62 bits per heavy atom. The number of nitrogens with zero attached hydrogens (tertiary/aromatic N) is 1. The fourth-order valence-corrected chi connectivity index (χ4v) is 4.21. The van der Waals surface area contributed by atoms with Crippen molar-refractivity contribution < 1.29 is 12.8 Å². The Morgan fingerprint density at radius 1 is 0.885 bits per heavy atom. The maximum absolute atomic E-state index is 14.0. The van der Waals surface area contributed by atoms with Gasteiger partial charge in [0.05, 0.1) is 17.1 Å². The minimum atomic E-state index is -3.91. The minimum Gasteiger partial charge on any atom is -0.262 e. The summed E-state index contributed by atoms with van der Waals surface area (Å²) < 4.78 is 41.8. The molecule has 3 rings (SSSR count). The average Bonchev–Trinajstić information content (AvgIpc) is 2.62. The number of aryl methyl sites for hydroxylation is 2. The van der Waals surface area contributed by atoms with Gasteiger partial charge in [0.1, 0.15) is 5.82 Å². The first-order valence-corrected chi connectivity index (χ1v) is 9.71. The molecule has 3 aromatic carbocycles.